The third-order valence-electron chi connectivity index (χ3n) is 4.87. The Morgan fingerprint density at radius 3 is 2.63 bits per heavy atom. The Hall–Kier alpha value is -4.58. The van der Waals surface area contributed by atoms with Gasteiger partial charge >= 0.3 is 6.09 Å². The number of carbonyl (C=O) groups excluding carboxylic acids is 1. The molecule has 1 aliphatic heterocycles. The molecule has 2 heterocycles. The lowest BCUT2D eigenvalue weighted by Crippen LogP contribution is -2.37. The zero-order chi connectivity index (χ0) is 27.9. The van der Waals surface area contributed by atoms with Gasteiger partial charge in [-0.2, -0.15) is 5.10 Å². The van der Waals surface area contributed by atoms with Crippen LogP contribution in [0.25, 0.3) is 0 Å². The Kier molecular flexibility index (Phi) is 12.1. The van der Waals surface area contributed by atoms with Crippen molar-refractivity contribution < 1.29 is 19.2 Å². The van der Waals surface area contributed by atoms with Gasteiger partial charge in [0.2, 0.25) is 0 Å². The highest BCUT2D eigenvalue weighted by atomic mass is 16.6. The number of anilines is 2. The quantitative estimate of drug-likeness (QED) is 0.205. The van der Waals surface area contributed by atoms with Gasteiger partial charge in [-0.15, -0.1) is 0 Å². The van der Waals surface area contributed by atoms with Crippen molar-refractivity contribution >= 4 is 23.9 Å². The van der Waals surface area contributed by atoms with Crippen molar-refractivity contribution in [2.45, 2.75) is 20.3 Å². The standard InChI is InChI=1S/C22H28N6O3.C4H5NO2/c1-16(2)24-22(29)31-10-7-19-25-20(14-21(26-19)28-8-11-30-12-9-28)27-23-15-18-6-4-5-17(3)13-18;1-3-4(2)5(6)7/h4-6,13-15H,1,7-12H2,2-3H3,(H,24,29)(H,25,26,27);3H,1-2H2/b23-15+;. The highest BCUT2D eigenvalue weighted by Gasteiger charge is 2.15. The second-order valence-electron chi connectivity index (χ2n) is 8.15. The van der Waals surface area contributed by atoms with Gasteiger partial charge in [-0.05, 0) is 26.0 Å². The van der Waals surface area contributed by atoms with E-state index in [1.54, 1.807) is 13.1 Å². The first-order valence-electron chi connectivity index (χ1n) is 11.8. The van der Waals surface area contributed by atoms with Gasteiger partial charge in [-0.3, -0.25) is 20.9 Å². The SMILES string of the molecule is C=C(C)NC(=O)OCCc1nc(N/N=C/c2cccc(C)c2)cc(N2CCOCC2)n1.C=CC(=C)[N+](=O)[O-]. The van der Waals surface area contributed by atoms with Gasteiger partial charge in [-0.1, -0.05) is 43.0 Å². The molecule has 1 fully saturated rings. The monoisotopic (exact) mass is 523 g/mol. The van der Waals surface area contributed by atoms with E-state index in [2.05, 4.69) is 50.4 Å². The van der Waals surface area contributed by atoms with Crippen LogP contribution in [0.1, 0.15) is 23.9 Å². The number of allylic oxidation sites excluding steroid dienone is 2. The highest BCUT2D eigenvalue weighted by Crippen LogP contribution is 2.18. The number of nitrogens with one attached hydrogen (secondary N) is 2. The van der Waals surface area contributed by atoms with E-state index in [0.29, 0.717) is 37.0 Å². The number of morpholine rings is 1. The lowest BCUT2D eigenvalue weighted by Gasteiger charge is -2.28. The van der Waals surface area contributed by atoms with Crippen molar-refractivity contribution in [2.75, 3.05) is 43.2 Å². The van der Waals surface area contributed by atoms with Crippen LogP contribution in [-0.2, 0) is 15.9 Å². The second-order valence-corrected chi connectivity index (χ2v) is 8.15. The molecular weight excluding hydrogens is 490 g/mol. The number of nitrogens with zero attached hydrogens (tertiary/aromatic N) is 5. The van der Waals surface area contributed by atoms with Gasteiger partial charge < -0.3 is 14.4 Å². The summed E-state index contributed by atoms with van der Waals surface area (Å²) >= 11 is 0. The minimum atomic E-state index is -0.590. The van der Waals surface area contributed by atoms with E-state index in [1.807, 2.05) is 37.3 Å². The largest absolute Gasteiger partial charge is 0.449 e. The Morgan fingerprint density at radius 1 is 1.29 bits per heavy atom. The van der Waals surface area contributed by atoms with Crippen LogP contribution in [0.5, 0.6) is 0 Å². The molecule has 1 aromatic carbocycles. The Morgan fingerprint density at radius 2 is 2.03 bits per heavy atom. The van der Waals surface area contributed by atoms with Crippen LogP contribution in [0.4, 0.5) is 16.4 Å². The zero-order valence-electron chi connectivity index (χ0n) is 21.7. The number of alkyl carbamates (subject to hydrolysis) is 1. The van der Waals surface area contributed by atoms with E-state index in [9.17, 15) is 14.9 Å². The maximum atomic E-state index is 11.6. The molecule has 0 radical (unpaired) electrons. The molecule has 0 bridgehead atoms. The molecule has 0 saturated carbocycles. The number of amides is 1. The fourth-order valence-corrected chi connectivity index (χ4v) is 3.05. The average Bonchev–Trinajstić information content (AvgIpc) is 2.88. The number of hydrogen-bond acceptors (Lipinski definition) is 10. The summed E-state index contributed by atoms with van der Waals surface area (Å²) in [5.74, 6) is 1.91. The summed E-state index contributed by atoms with van der Waals surface area (Å²) in [7, 11) is 0. The minimum absolute atomic E-state index is 0.150. The number of rotatable bonds is 10. The Balaban J connectivity index is 0.000000638. The molecule has 2 N–H and O–H groups in total. The van der Waals surface area contributed by atoms with Gasteiger partial charge in [-0.25, -0.2) is 14.8 Å². The van der Waals surface area contributed by atoms with E-state index < -0.39 is 11.0 Å². The van der Waals surface area contributed by atoms with E-state index in [4.69, 9.17) is 9.47 Å². The molecule has 3 rings (SSSR count). The highest BCUT2D eigenvalue weighted by molar-refractivity contribution is 5.80. The molecule has 1 amide bonds. The molecule has 0 aliphatic carbocycles. The third kappa shape index (κ3) is 11.0. The third-order valence-corrected chi connectivity index (χ3v) is 4.87. The molecule has 12 heteroatoms. The van der Waals surface area contributed by atoms with Crippen LogP contribution < -0.4 is 15.6 Å². The lowest BCUT2D eigenvalue weighted by atomic mass is 10.2. The van der Waals surface area contributed by atoms with Gasteiger partial charge in [0.15, 0.2) is 5.82 Å². The summed E-state index contributed by atoms with van der Waals surface area (Å²) in [5, 5.41) is 16.4. The van der Waals surface area contributed by atoms with E-state index >= 15 is 0 Å². The molecule has 12 nitrogen and oxygen atoms in total. The van der Waals surface area contributed by atoms with Crippen molar-refractivity contribution in [1.29, 1.82) is 0 Å². The molecule has 0 atom stereocenters. The lowest BCUT2D eigenvalue weighted by molar-refractivity contribution is -0.418. The summed E-state index contributed by atoms with van der Waals surface area (Å²) in [5.41, 5.74) is 5.50. The first-order valence-corrected chi connectivity index (χ1v) is 11.8. The first kappa shape index (κ1) is 29.6. The topological polar surface area (TPSA) is 144 Å². The normalized spacial score (nSPS) is 12.6. The summed E-state index contributed by atoms with van der Waals surface area (Å²) in [6.07, 6.45) is 2.67. The smallest absolute Gasteiger partial charge is 0.411 e. The van der Waals surface area contributed by atoms with Crippen molar-refractivity contribution in [3.05, 3.63) is 94.6 Å². The fourth-order valence-electron chi connectivity index (χ4n) is 3.05. The number of aromatic nitrogens is 2. The maximum absolute atomic E-state index is 11.6. The zero-order valence-corrected chi connectivity index (χ0v) is 21.7. The molecule has 1 aliphatic rings. The van der Waals surface area contributed by atoms with Crippen molar-refractivity contribution in [1.82, 2.24) is 15.3 Å². The van der Waals surface area contributed by atoms with E-state index in [0.717, 1.165) is 30.5 Å². The predicted octanol–water partition coefficient (Wildman–Crippen LogP) is 3.83. The second kappa shape index (κ2) is 15.5. The Labute approximate surface area is 221 Å². The number of carbonyl (C=O) groups is 1. The number of hydrogen-bond donors (Lipinski definition) is 2. The van der Waals surface area contributed by atoms with Gasteiger partial charge in [0, 0.05) is 37.3 Å². The number of ether oxygens (including phenoxy) is 2. The summed E-state index contributed by atoms with van der Waals surface area (Å²) in [6.45, 7) is 16.5. The van der Waals surface area contributed by atoms with Gasteiger partial charge in [0.1, 0.15) is 18.2 Å². The number of benzene rings is 1. The Bertz CT molecular complexity index is 1180. The summed E-state index contributed by atoms with van der Waals surface area (Å²) < 4.78 is 10.6. The van der Waals surface area contributed by atoms with Crippen molar-refractivity contribution in [3.8, 4) is 0 Å². The number of hydrazone groups is 1. The first-order chi connectivity index (χ1) is 18.2. The molecule has 1 saturated heterocycles. The van der Waals surface area contributed by atoms with Gasteiger partial charge in [0.05, 0.1) is 24.4 Å². The van der Waals surface area contributed by atoms with Crippen molar-refractivity contribution in [3.63, 3.8) is 0 Å². The minimum Gasteiger partial charge on any atom is -0.449 e. The average molecular weight is 524 g/mol. The van der Waals surface area contributed by atoms with Crippen LogP contribution in [0.3, 0.4) is 0 Å². The summed E-state index contributed by atoms with van der Waals surface area (Å²) in [6, 6.07) is 9.91. The van der Waals surface area contributed by atoms with Gasteiger partial charge in [0.25, 0.3) is 5.70 Å². The predicted molar refractivity (Wildman–Crippen MR) is 147 cm³/mol. The van der Waals surface area contributed by atoms with Crippen molar-refractivity contribution in [2.24, 2.45) is 5.10 Å². The molecule has 202 valence electrons. The number of nitro groups is 1. The molecule has 38 heavy (non-hydrogen) atoms. The maximum Gasteiger partial charge on any atom is 0.411 e. The summed E-state index contributed by atoms with van der Waals surface area (Å²) in [4.78, 5) is 31.9. The van der Waals surface area contributed by atoms with E-state index in [-0.39, 0.29) is 12.3 Å². The molecule has 2 aromatic rings. The van der Waals surface area contributed by atoms with E-state index in [1.165, 1.54) is 5.56 Å². The molecule has 0 spiro atoms. The van der Waals surface area contributed by atoms with Crippen LogP contribution >= 0.6 is 0 Å². The van der Waals surface area contributed by atoms with Crippen LogP contribution in [0, 0.1) is 17.0 Å². The number of aryl methyl sites for hydroxylation is 1. The molecule has 0 unspecified atom stereocenters. The van der Waals surface area contributed by atoms with Crippen LogP contribution in [0.2, 0.25) is 0 Å². The molecule has 1 aromatic heterocycles. The van der Waals surface area contributed by atoms with Crippen LogP contribution in [-0.4, -0.2) is 60.1 Å². The van der Waals surface area contributed by atoms with Crippen LogP contribution in [0.15, 0.2) is 72.6 Å². The molecular formula is C26H33N7O5. The fraction of sp³-hybridized carbons (Fsp3) is 0.308.